The van der Waals surface area contributed by atoms with Gasteiger partial charge in [0, 0.05) is 4.88 Å². The first-order valence-electron chi connectivity index (χ1n) is 9.23. The van der Waals surface area contributed by atoms with Gasteiger partial charge in [0.05, 0.1) is 11.0 Å². The first-order valence-corrected chi connectivity index (χ1v) is 10.0. The molecular weight excluding hydrogens is 376 g/mol. The highest BCUT2D eigenvalue weighted by molar-refractivity contribution is 7.17. The van der Waals surface area contributed by atoms with Crippen molar-refractivity contribution in [1.29, 1.82) is 0 Å². The highest BCUT2D eigenvalue weighted by atomic mass is 32.1. The predicted octanol–water partition coefficient (Wildman–Crippen LogP) is 3.18. The van der Waals surface area contributed by atoms with Crippen LogP contribution in [0.4, 0.5) is 5.00 Å². The van der Waals surface area contributed by atoms with Crippen LogP contribution in [-0.2, 0) is 32.6 Å². The molecule has 1 atom stereocenters. The topological polar surface area (TPSA) is 98.5 Å². The lowest BCUT2D eigenvalue weighted by molar-refractivity contribution is -0.158. The fraction of sp³-hybridized carbons (Fsp3) is 0.381. The van der Waals surface area contributed by atoms with Crippen LogP contribution in [0.5, 0.6) is 0 Å². The first-order chi connectivity index (χ1) is 13.2. The standard InChI is InChI=1S/C21H24N2O4S/c1-12(27-20(26)21(2,3)13-8-5-4-6-9-13)18(25)23-19-16(17(22)24)14-10-7-11-15(14)28-19/h4-6,8-9,12H,7,10-11H2,1-3H3,(H2,22,24)(H,23,25)/t12-/m0/s1. The van der Waals surface area contributed by atoms with Crippen molar-refractivity contribution in [3.05, 3.63) is 51.9 Å². The molecule has 0 bridgehead atoms. The Balaban J connectivity index is 1.70. The fourth-order valence-electron chi connectivity index (χ4n) is 3.30. The number of primary amides is 1. The van der Waals surface area contributed by atoms with Crippen molar-refractivity contribution in [3.8, 4) is 0 Å². The van der Waals surface area contributed by atoms with E-state index in [0.717, 1.165) is 35.3 Å². The molecule has 3 N–H and O–H groups in total. The van der Waals surface area contributed by atoms with Gasteiger partial charge in [0.15, 0.2) is 6.10 Å². The van der Waals surface area contributed by atoms with E-state index in [0.29, 0.717) is 10.6 Å². The number of aryl methyl sites for hydroxylation is 1. The summed E-state index contributed by atoms with van der Waals surface area (Å²) in [4.78, 5) is 38.2. The van der Waals surface area contributed by atoms with Gasteiger partial charge < -0.3 is 15.8 Å². The number of amides is 2. The van der Waals surface area contributed by atoms with Crippen LogP contribution in [0.3, 0.4) is 0 Å². The van der Waals surface area contributed by atoms with Gasteiger partial charge in [-0.2, -0.15) is 0 Å². The van der Waals surface area contributed by atoms with Gasteiger partial charge in [-0.1, -0.05) is 30.3 Å². The number of fused-ring (bicyclic) bond motifs is 1. The van der Waals surface area contributed by atoms with Crippen LogP contribution in [0.2, 0.25) is 0 Å². The van der Waals surface area contributed by atoms with Crippen molar-refractivity contribution >= 4 is 34.1 Å². The maximum Gasteiger partial charge on any atom is 0.316 e. The van der Waals surface area contributed by atoms with Crippen LogP contribution in [-0.4, -0.2) is 23.9 Å². The van der Waals surface area contributed by atoms with Gasteiger partial charge in [0.25, 0.3) is 11.8 Å². The molecule has 0 radical (unpaired) electrons. The highest BCUT2D eigenvalue weighted by Crippen LogP contribution is 2.39. The largest absolute Gasteiger partial charge is 0.452 e. The minimum atomic E-state index is -1.01. The average Bonchev–Trinajstić information content (AvgIpc) is 3.22. The number of benzene rings is 1. The van der Waals surface area contributed by atoms with Gasteiger partial charge >= 0.3 is 5.97 Å². The third-order valence-electron chi connectivity index (χ3n) is 5.06. The molecule has 0 fully saturated rings. The normalized spacial score (nSPS) is 14.2. The number of hydrogen-bond donors (Lipinski definition) is 2. The molecule has 1 heterocycles. The van der Waals surface area contributed by atoms with Crippen LogP contribution < -0.4 is 11.1 Å². The molecule has 1 aliphatic carbocycles. The van der Waals surface area contributed by atoms with E-state index in [4.69, 9.17) is 10.5 Å². The highest BCUT2D eigenvalue weighted by Gasteiger charge is 2.34. The summed E-state index contributed by atoms with van der Waals surface area (Å²) in [5.41, 5.74) is 6.75. The van der Waals surface area contributed by atoms with E-state index < -0.39 is 29.3 Å². The maximum absolute atomic E-state index is 12.6. The quantitative estimate of drug-likeness (QED) is 0.728. The van der Waals surface area contributed by atoms with E-state index in [2.05, 4.69) is 5.32 Å². The molecule has 3 rings (SSSR count). The van der Waals surface area contributed by atoms with E-state index in [-0.39, 0.29) is 0 Å². The first kappa shape index (κ1) is 20.1. The van der Waals surface area contributed by atoms with Crippen LogP contribution in [0.1, 0.15) is 53.6 Å². The van der Waals surface area contributed by atoms with Gasteiger partial charge in [-0.25, -0.2) is 0 Å². The summed E-state index contributed by atoms with van der Waals surface area (Å²) in [6.45, 7) is 5.02. The van der Waals surface area contributed by atoms with Crippen LogP contribution in [0.25, 0.3) is 0 Å². The number of rotatable bonds is 6. The lowest BCUT2D eigenvalue weighted by Crippen LogP contribution is -2.37. The number of esters is 1. The molecule has 1 aromatic heterocycles. The van der Waals surface area contributed by atoms with E-state index in [1.54, 1.807) is 13.8 Å². The Hall–Kier alpha value is -2.67. The molecule has 2 amide bonds. The number of thiophene rings is 1. The van der Waals surface area contributed by atoms with E-state index in [1.165, 1.54) is 18.3 Å². The Morgan fingerprint density at radius 2 is 1.86 bits per heavy atom. The summed E-state index contributed by atoms with van der Waals surface area (Å²) in [5, 5.41) is 3.16. The molecular formula is C21H24N2O4S. The Morgan fingerprint density at radius 1 is 1.18 bits per heavy atom. The monoisotopic (exact) mass is 400 g/mol. The molecule has 6 nitrogen and oxygen atoms in total. The number of carbonyl (C=O) groups excluding carboxylic acids is 3. The fourth-order valence-corrected chi connectivity index (χ4v) is 4.60. The molecule has 0 aliphatic heterocycles. The summed E-state index contributed by atoms with van der Waals surface area (Å²) < 4.78 is 5.42. The number of carbonyl (C=O) groups is 3. The third-order valence-corrected chi connectivity index (χ3v) is 6.27. The van der Waals surface area contributed by atoms with Gasteiger partial charge in [0.2, 0.25) is 0 Å². The van der Waals surface area contributed by atoms with Gasteiger partial charge in [-0.3, -0.25) is 14.4 Å². The SMILES string of the molecule is C[C@H](OC(=O)C(C)(C)c1ccccc1)C(=O)Nc1sc2c(c1C(N)=O)CCC2. The molecule has 148 valence electrons. The Morgan fingerprint density at radius 3 is 2.50 bits per heavy atom. The molecule has 0 spiro atoms. The van der Waals surface area contributed by atoms with E-state index >= 15 is 0 Å². The molecule has 1 aliphatic rings. The number of hydrogen-bond acceptors (Lipinski definition) is 5. The number of nitrogens with one attached hydrogen (secondary N) is 1. The maximum atomic E-state index is 12.6. The molecule has 0 saturated heterocycles. The lowest BCUT2D eigenvalue weighted by Gasteiger charge is -2.25. The predicted molar refractivity (Wildman–Crippen MR) is 109 cm³/mol. The third kappa shape index (κ3) is 3.80. The number of nitrogens with two attached hydrogens (primary N) is 1. The van der Waals surface area contributed by atoms with E-state index in [9.17, 15) is 14.4 Å². The van der Waals surface area contributed by atoms with Crippen molar-refractivity contribution < 1.29 is 19.1 Å². The molecule has 7 heteroatoms. The number of ether oxygens (including phenoxy) is 1. The van der Waals surface area contributed by atoms with Crippen molar-refractivity contribution in [3.63, 3.8) is 0 Å². The second kappa shape index (κ2) is 7.75. The zero-order chi connectivity index (χ0) is 20.5. The van der Waals surface area contributed by atoms with Crippen molar-refractivity contribution in [2.24, 2.45) is 5.73 Å². The second-order valence-electron chi connectivity index (χ2n) is 7.45. The van der Waals surface area contributed by atoms with E-state index in [1.807, 2.05) is 30.3 Å². The Bertz CT molecular complexity index is 918. The van der Waals surface area contributed by atoms with Crippen LogP contribution in [0.15, 0.2) is 30.3 Å². The van der Waals surface area contributed by atoms with Crippen molar-refractivity contribution in [2.45, 2.75) is 51.6 Å². The second-order valence-corrected chi connectivity index (χ2v) is 8.56. The zero-order valence-electron chi connectivity index (χ0n) is 16.2. The minimum absolute atomic E-state index is 0.383. The molecule has 0 saturated carbocycles. The summed E-state index contributed by atoms with van der Waals surface area (Å²) in [6, 6.07) is 9.26. The van der Waals surface area contributed by atoms with Crippen LogP contribution in [0, 0.1) is 0 Å². The molecule has 0 unspecified atom stereocenters. The lowest BCUT2D eigenvalue weighted by atomic mass is 9.85. The molecule has 2 aromatic rings. The zero-order valence-corrected chi connectivity index (χ0v) is 17.0. The van der Waals surface area contributed by atoms with Gasteiger partial charge in [-0.05, 0) is 51.2 Å². The summed E-state index contributed by atoms with van der Waals surface area (Å²) in [7, 11) is 0. The summed E-state index contributed by atoms with van der Waals surface area (Å²) in [6.07, 6.45) is 1.65. The minimum Gasteiger partial charge on any atom is -0.452 e. The Labute approximate surface area is 168 Å². The van der Waals surface area contributed by atoms with Crippen molar-refractivity contribution in [1.82, 2.24) is 0 Å². The summed E-state index contributed by atoms with van der Waals surface area (Å²) >= 11 is 1.37. The Kier molecular flexibility index (Phi) is 5.56. The molecule has 1 aromatic carbocycles. The molecule has 28 heavy (non-hydrogen) atoms. The smallest absolute Gasteiger partial charge is 0.316 e. The van der Waals surface area contributed by atoms with Crippen molar-refractivity contribution in [2.75, 3.05) is 5.32 Å². The van der Waals surface area contributed by atoms with Gasteiger partial charge in [-0.15, -0.1) is 11.3 Å². The number of anilines is 1. The van der Waals surface area contributed by atoms with Gasteiger partial charge in [0.1, 0.15) is 5.00 Å². The summed E-state index contributed by atoms with van der Waals surface area (Å²) in [5.74, 6) is -1.53. The average molecular weight is 401 g/mol. The van der Waals surface area contributed by atoms with Crippen LogP contribution >= 0.6 is 11.3 Å².